The summed E-state index contributed by atoms with van der Waals surface area (Å²) in [6, 6.07) is 0. The lowest BCUT2D eigenvalue weighted by atomic mass is 9.77. The highest BCUT2D eigenvalue weighted by atomic mass is 79.9. The molecule has 1 heterocycles. The summed E-state index contributed by atoms with van der Waals surface area (Å²) in [5.74, 6) is -2.84. The number of aliphatic hydroxyl groups is 1. The van der Waals surface area contributed by atoms with Crippen molar-refractivity contribution in [2.45, 2.75) is 38.6 Å². The molecule has 5 heteroatoms. The standard InChI is InChI=1S/C14H15BrO4/c1-4-8(15)7-5-10(16)13-6-9(13)12(2,3)19-14(13,18)11(7)17/h4-5,9,18H,6H2,1-3H3/b8-4-/t9-,13-,14+/m0/s1. The number of carbonyl (C=O) groups is 2. The smallest absolute Gasteiger partial charge is 0.245 e. The van der Waals surface area contributed by atoms with Crippen molar-refractivity contribution in [2.24, 2.45) is 11.3 Å². The van der Waals surface area contributed by atoms with Crippen LogP contribution in [0.4, 0.5) is 0 Å². The van der Waals surface area contributed by atoms with Crippen LogP contribution >= 0.6 is 15.9 Å². The van der Waals surface area contributed by atoms with Crippen LogP contribution in [0, 0.1) is 11.3 Å². The average Bonchev–Trinajstić information content (AvgIpc) is 3.05. The molecule has 1 spiro atoms. The zero-order valence-corrected chi connectivity index (χ0v) is 12.6. The van der Waals surface area contributed by atoms with Crippen LogP contribution in [-0.2, 0) is 14.3 Å². The Morgan fingerprint density at radius 2 is 2.16 bits per heavy atom. The van der Waals surface area contributed by atoms with E-state index in [0.717, 1.165) is 0 Å². The molecule has 3 aliphatic rings. The lowest BCUT2D eigenvalue weighted by molar-refractivity contribution is -0.238. The third-order valence-corrected chi connectivity index (χ3v) is 5.48. The van der Waals surface area contributed by atoms with Crippen LogP contribution in [0.3, 0.4) is 0 Å². The minimum atomic E-state index is -2.01. The maximum absolute atomic E-state index is 12.5. The van der Waals surface area contributed by atoms with E-state index in [4.69, 9.17) is 4.74 Å². The highest BCUT2D eigenvalue weighted by Gasteiger charge is 2.84. The fourth-order valence-electron chi connectivity index (χ4n) is 3.55. The number of carbonyl (C=O) groups excluding carboxylic acids is 2. The second kappa shape index (κ2) is 3.45. The molecule has 0 aromatic carbocycles. The molecule has 0 amide bonds. The van der Waals surface area contributed by atoms with E-state index in [0.29, 0.717) is 10.9 Å². The molecule has 1 N–H and O–H groups in total. The van der Waals surface area contributed by atoms with Crippen molar-refractivity contribution in [3.05, 3.63) is 22.2 Å². The van der Waals surface area contributed by atoms with Crippen LogP contribution in [0.5, 0.6) is 0 Å². The summed E-state index contributed by atoms with van der Waals surface area (Å²) < 4.78 is 6.10. The summed E-state index contributed by atoms with van der Waals surface area (Å²) in [4.78, 5) is 24.9. The van der Waals surface area contributed by atoms with E-state index in [1.165, 1.54) is 6.08 Å². The lowest BCUT2D eigenvalue weighted by Gasteiger charge is -2.35. The zero-order chi connectivity index (χ0) is 14.2. The van der Waals surface area contributed by atoms with Crippen LogP contribution in [0.25, 0.3) is 0 Å². The number of hydrogen-bond donors (Lipinski definition) is 1. The summed E-state index contributed by atoms with van der Waals surface area (Å²) in [6.07, 6.45) is 3.52. The van der Waals surface area contributed by atoms with E-state index in [-0.39, 0.29) is 17.3 Å². The summed E-state index contributed by atoms with van der Waals surface area (Å²) in [7, 11) is 0. The van der Waals surface area contributed by atoms with Crippen LogP contribution in [0.1, 0.15) is 27.2 Å². The van der Waals surface area contributed by atoms with Gasteiger partial charge in [0.25, 0.3) is 0 Å². The molecule has 3 atom stereocenters. The molecule has 1 aliphatic heterocycles. The second-order valence-corrected chi connectivity index (χ2v) is 6.82. The third kappa shape index (κ3) is 1.31. The van der Waals surface area contributed by atoms with E-state index < -0.39 is 22.6 Å². The summed E-state index contributed by atoms with van der Waals surface area (Å²) in [5, 5.41) is 10.7. The summed E-state index contributed by atoms with van der Waals surface area (Å²) in [5.41, 5.74) is -1.53. The Morgan fingerprint density at radius 1 is 1.53 bits per heavy atom. The van der Waals surface area contributed by atoms with Crippen LogP contribution in [-0.4, -0.2) is 28.1 Å². The number of allylic oxidation sites excluding steroid dienone is 3. The van der Waals surface area contributed by atoms with Crippen LogP contribution in [0.2, 0.25) is 0 Å². The van der Waals surface area contributed by atoms with Gasteiger partial charge in [-0.15, -0.1) is 0 Å². The molecule has 0 bridgehead atoms. The maximum Gasteiger partial charge on any atom is 0.245 e. The fourth-order valence-corrected chi connectivity index (χ4v) is 3.84. The van der Waals surface area contributed by atoms with Gasteiger partial charge in [-0.2, -0.15) is 0 Å². The summed E-state index contributed by atoms with van der Waals surface area (Å²) in [6.45, 7) is 5.37. The van der Waals surface area contributed by atoms with Gasteiger partial charge in [0, 0.05) is 16.0 Å². The van der Waals surface area contributed by atoms with Gasteiger partial charge in [0.1, 0.15) is 5.41 Å². The number of ketones is 2. The number of ether oxygens (including phenoxy) is 1. The monoisotopic (exact) mass is 326 g/mol. The largest absolute Gasteiger partial charge is 0.358 e. The molecule has 0 radical (unpaired) electrons. The molecular formula is C14H15BrO4. The van der Waals surface area contributed by atoms with Gasteiger partial charge in [0.15, 0.2) is 5.78 Å². The molecule has 1 saturated heterocycles. The summed E-state index contributed by atoms with van der Waals surface area (Å²) >= 11 is 3.24. The molecule has 0 aromatic rings. The van der Waals surface area contributed by atoms with Crippen LogP contribution < -0.4 is 0 Å². The molecule has 0 aromatic heterocycles. The first-order valence-electron chi connectivity index (χ1n) is 6.26. The Hall–Kier alpha value is -0.780. The van der Waals surface area contributed by atoms with Gasteiger partial charge in [-0.1, -0.05) is 22.0 Å². The van der Waals surface area contributed by atoms with Gasteiger partial charge in [-0.3, -0.25) is 9.59 Å². The molecule has 102 valence electrons. The van der Waals surface area contributed by atoms with Gasteiger partial charge in [0.05, 0.1) is 5.60 Å². The van der Waals surface area contributed by atoms with E-state index in [1.807, 2.05) is 13.8 Å². The quantitative estimate of drug-likeness (QED) is 0.799. The van der Waals surface area contributed by atoms with Crippen molar-refractivity contribution >= 4 is 27.5 Å². The van der Waals surface area contributed by atoms with Gasteiger partial charge < -0.3 is 9.84 Å². The van der Waals surface area contributed by atoms with Crippen molar-refractivity contribution in [1.82, 2.24) is 0 Å². The van der Waals surface area contributed by atoms with Gasteiger partial charge in [0.2, 0.25) is 11.6 Å². The Morgan fingerprint density at radius 3 is 2.68 bits per heavy atom. The average molecular weight is 327 g/mol. The molecule has 4 nitrogen and oxygen atoms in total. The first-order chi connectivity index (χ1) is 8.70. The van der Waals surface area contributed by atoms with Crippen molar-refractivity contribution in [3.8, 4) is 0 Å². The molecule has 1 saturated carbocycles. The lowest BCUT2D eigenvalue weighted by Crippen LogP contribution is -2.54. The normalized spacial score (nSPS) is 43.7. The third-order valence-electron chi connectivity index (χ3n) is 4.59. The van der Waals surface area contributed by atoms with E-state index >= 15 is 0 Å². The van der Waals surface area contributed by atoms with E-state index in [2.05, 4.69) is 15.9 Å². The van der Waals surface area contributed by atoms with E-state index in [1.54, 1.807) is 13.0 Å². The number of Topliss-reactive ketones (excluding diaryl/α,β-unsaturated/α-hetero) is 1. The zero-order valence-electron chi connectivity index (χ0n) is 11.0. The number of hydrogen-bond acceptors (Lipinski definition) is 4. The first-order valence-corrected chi connectivity index (χ1v) is 7.05. The van der Waals surface area contributed by atoms with Crippen molar-refractivity contribution in [2.75, 3.05) is 0 Å². The van der Waals surface area contributed by atoms with Crippen molar-refractivity contribution in [1.29, 1.82) is 0 Å². The number of rotatable bonds is 1. The topological polar surface area (TPSA) is 63.6 Å². The minimum Gasteiger partial charge on any atom is -0.358 e. The Kier molecular flexibility index (Phi) is 2.40. The van der Waals surface area contributed by atoms with Crippen molar-refractivity contribution in [3.63, 3.8) is 0 Å². The Bertz CT molecular complexity index is 574. The van der Waals surface area contributed by atoms with Gasteiger partial charge in [-0.05, 0) is 33.3 Å². The molecule has 0 unspecified atom stereocenters. The van der Waals surface area contributed by atoms with Crippen molar-refractivity contribution < 1.29 is 19.4 Å². The van der Waals surface area contributed by atoms with Crippen LogP contribution in [0.15, 0.2) is 22.2 Å². The number of halogens is 1. The molecule has 2 fully saturated rings. The minimum absolute atomic E-state index is 0.0939. The van der Waals surface area contributed by atoms with E-state index in [9.17, 15) is 14.7 Å². The Balaban J connectivity index is 2.16. The molecule has 3 rings (SSSR count). The molecular weight excluding hydrogens is 312 g/mol. The Labute approximate surface area is 119 Å². The maximum atomic E-state index is 12.5. The fraction of sp³-hybridized carbons (Fsp3) is 0.571. The van der Waals surface area contributed by atoms with Gasteiger partial charge >= 0.3 is 0 Å². The predicted octanol–water partition coefficient (Wildman–Crippen LogP) is 1.87. The molecule has 19 heavy (non-hydrogen) atoms. The highest BCUT2D eigenvalue weighted by Crippen LogP contribution is 2.73. The SMILES string of the molecule is C/C=C(\Br)C1=CC(=O)[C@]23C[C@H]2C(C)(C)O[C@]3(O)C1=O. The highest BCUT2D eigenvalue weighted by molar-refractivity contribution is 9.12. The first kappa shape index (κ1) is 13.2. The predicted molar refractivity (Wildman–Crippen MR) is 71.4 cm³/mol. The molecule has 2 aliphatic carbocycles. The second-order valence-electron chi connectivity index (χ2n) is 5.97. The van der Waals surface area contributed by atoms with Gasteiger partial charge in [-0.25, -0.2) is 0 Å².